The van der Waals surface area contributed by atoms with Crippen LogP contribution in [0.4, 0.5) is 0 Å². The molecule has 4 nitrogen and oxygen atoms in total. The molecule has 0 saturated carbocycles. The van der Waals surface area contributed by atoms with E-state index in [1.54, 1.807) is 7.11 Å². The monoisotopic (exact) mass is 293 g/mol. The van der Waals surface area contributed by atoms with Crippen LogP contribution in [0.5, 0.6) is 5.75 Å². The first-order valence-corrected chi connectivity index (χ1v) is 7.76. The first kappa shape index (κ1) is 18.0. The van der Waals surface area contributed by atoms with Crippen LogP contribution in [0.15, 0.2) is 18.2 Å². The van der Waals surface area contributed by atoms with Gasteiger partial charge >= 0.3 is 0 Å². The molecule has 0 bridgehead atoms. The molecule has 1 aromatic rings. The van der Waals surface area contributed by atoms with Gasteiger partial charge in [0.05, 0.1) is 7.11 Å². The number of ether oxygens (including phenoxy) is 1. The number of methoxy groups -OCH3 is 1. The Labute approximate surface area is 130 Å². The average Bonchev–Trinajstić information content (AvgIpc) is 2.45. The second-order valence-electron chi connectivity index (χ2n) is 5.82. The molecule has 0 spiro atoms. The van der Waals surface area contributed by atoms with Gasteiger partial charge in [-0.15, -0.1) is 0 Å². The lowest BCUT2D eigenvalue weighted by molar-refractivity contribution is 0.289. The van der Waals surface area contributed by atoms with Crippen molar-refractivity contribution < 1.29 is 4.74 Å². The summed E-state index contributed by atoms with van der Waals surface area (Å²) in [4.78, 5) is 4.59. The van der Waals surface area contributed by atoms with E-state index in [-0.39, 0.29) is 0 Å². The first-order chi connectivity index (χ1) is 10.1. The summed E-state index contributed by atoms with van der Waals surface area (Å²) in [5.74, 6) is 0.981. The van der Waals surface area contributed by atoms with Gasteiger partial charge in [0.15, 0.2) is 0 Å². The van der Waals surface area contributed by atoms with E-state index in [2.05, 4.69) is 61.4 Å². The largest absolute Gasteiger partial charge is 0.496 e. The van der Waals surface area contributed by atoms with Gasteiger partial charge in [-0.3, -0.25) is 0 Å². The molecular weight excluding hydrogens is 262 g/mol. The van der Waals surface area contributed by atoms with E-state index in [4.69, 9.17) is 4.74 Å². The number of nitrogens with zero attached hydrogens (tertiary/aromatic N) is 2. The van der Waals surface area contributed by atoms with E-state index in [1.165, 1.54) is 17.5 Å². The van der Waals surface area contributed by atoms with Crippen molar-refractivity contribution in [3.05, 3.63) is 29.3 Å². The standard InChI is InChI=1S/C17H31N3O/c1-6-18-13-15-8-9-17(21-5)16(12-15)14-20(4)11-7-10-19(2)3/h8-9,12,18H,6-7,10-11,13-14H2,1-5H3. The lowest BCUT2D eigenvalue weighted by Crippen LogP contribution is -2.23. The SMILES string of the molecule is CCNCc1ccc(OC)c(CN(C)CCCN(C)C)c1. The Kier molecular flexibility index (Phi) is 8.35. The predicted octanol–water partition coefficient (Wildman–Crippen LogP) is 2.19. The van der Waals surface area contributed by atoms with Crippen molar-refractivity contribution >= 4 is 0 Å². The van der Waals surface area contributed by atoms with Crippen LogP contribution in [0.2, 0.25) is 0 Å². The fourth-order valence-corrected chi connectivity index (χ4v) is 2.36. The zero-order chi connectivity index (χ0) is 15.7. The zero-order valence-corrected chi connectivity index (χ0v) is 14.3. The third-order valence-corrected chi connectivity index (χ3v) is 3.51. The Morgan fingerprint density at radius 1 is 1.14 bits per heavy atom. The van der Waals surface area contributed by atoms with Gasteiger partial charge in [-0.25, -0.2) is 0 Å². The number of hydrogen-bond acceptors (Lipinski definition) is 4. The van der Waals surface area contributed by atoms with Crippen LogP contribution in [0, 0.1) is 0 Å². The number of nitrogens with one attached hydrogen (secondary N) is 1. The van der Waals surface area contributed by atoms with Crippen molar-refractivity contribution in [3.8, 4) is 5.75 Å². The van der Waals surface area contributed by atoms with Gasteiger partial charge in [0, 0.05) is 18.7 Å². The summed E-state index contributed by atoms with van der Waals surface area (Å²) in [6.45, 7) is 7.18. The molecule has 0 amide bonds. The number of hydrogen-bond donors (Lipinski definition) is 1. The summed E-state index contributed by atoms with van der Waals surface area (Å²) in [6, 6.07) is 6.47. The van der Waals surface area contributed by atoms with Crippen LogP contribution in [0.1, 0.15) is 24.5 Å². The van der Waals surface area contributed by atoms with Gasteiger partial charge in [-0.2, -0.15) is 0 Å². The summed E-state index contributed by atoms with van der Waals surface area (Å²) >= 11 is 0. The van der Waals surface area contributed by atoms with Crippen molar-refractivity contribution in [2.45, 2.75) is 26.4 Å². The highest BCUT2D eigenvalue weighted by Gasteiger charge is 2.08. The van der Waals surface area contributed by atoms with E-state index in [0.29, 0.717) is 0 Å². The average molecular weight is 293 g/mol. The van der Waals surface area contributed by atoms with Gasteiger partial charge < -0.3 is 19.9 Å². The summed E-state index contributed by atoms with van der Waals surface area (Å²) in [5.41, 5.74) is 2.58. The maximum atomic E-state index is 5.49. The van der Waals surface area contributed by atoms with Crippen LogP contribution in [-0.4, -0.2) is 57.7 Å². The molecule has 1 N–H and O–H groups in total. The molecule has 0 aliphatic heterocycles. The van der Waals surface area contributed by atoms with Crippen LogP contribution in [-0.2, 0) is 13.1 Å². The van der Waals surface area contributed by atoms with Crippen molar-refractivity contribution in [3.63, 3.8) is 0 Å². The van der Waals surface area contributed by atoms with E-state index in [9.17, 15) is 0 Å². The van der Waals surface area contributed by atoms with Gasteiger partial charge in [-0.1, -0.05) is 13.0 Å². The second kappa shape index (κ2) is 9.77. The van der Waals surface area contributed by atoms with E-state index in [0.717, 1.165) is 38.5 Å². The first-order valence-electron chi connectivity index (χ1n) is 7.76. The van der Waals surface area contributed by atoms with Crippen LogP contribution in [0.3, 0.4) is 0 Å². The minimum atomic E-state index is 0.915. The molecule has 21 heavy (non-hydrogen) atoms. The van der Waals surface area contributed by atoms with Gasteiger partial charge in [0.25, 0.3) is 0 Å². The number of rotatable bonds is 10. The normalized spacial score (nSPS) is 11.4. The third-order valence-electron chi connectivity index (χ3n) is 3.51. The summed E-state index contributed by atoms with van der Waals surface area (Å²) in [5, 5.41) is 3.37. The molecule has 4 heteroatoms. The van der Waals surface area contributed by atoms with E-state index in [1.807, 2.05) is 0 Å². The van der Waals surface area contributed by atoms with E-state index >= 15 is 0 Å². The maximum Gasteiger partial charge on any atom is 0.123 e. The molecular formula is C17H31N3O. The molecule has 0 fully saturated rings. The quantitative estimate of drug-likeness (QED) is 0.716. The smallest absolute Gasteiger partial charge is 0.123 e. The summed E-state index contributed by atoms with van der Waals surface area (Å²) in [6.07, 6.45) is 1.18. The highest BCUT2D eigenvalue weighted by Crippen LogP contribution is 2.21. The molecule has 0 heterocycles. The molecule has 0 saturated heterocycles. The highest BCUT2D eigenvalue weighted by molar-refractivity contribution is 5.37. The lowest BCUT2D eigenvalue weighted by atomic mass is 10.1. The Bertz CT molecular complexity index is 407. The van der Waals surface area contributed by atoms with Crippen LogP contribution < -0.4 is 10.1 Å². The predicted molar refractivity (Wildman–Crippen MR) is 89.9 cm³/mol. The Hall–Kier alpha value is -1.10. The fourth-order valence-electron chi connectivity index (χ4n) is 2.36. The molecule has 0 aromatic heterocycles. The maximum absolute atomic E-state index is 5.49. The van der Waals surface area contributed by atoms with Crippen molar-refractivity contribution in [1.82, 2.24) is 15.1 Å². The number of benzene rings is 1. The van der Waals surface area contributed by atoms with Crippen molar-refractivity contribution in [2.24, 2.45) is 0 Å². The molecule has 120 valence electrons. The minimum absolute atomic E-state index is 0.915. The third kappa shape index (κ3) is 6.93. The summed E-state index contributed by atoms with van der Waals surface area (Å²) < 4.78 is 5.49. The fraction of sp³-hybridized carbons (Fsp3) is 0.647. The highest BCUT2D eigenvalue weighted by atomic mass is 16.5. The molecule has 0 unspecified atom stereocenters. The molecule has 0 atom stereocenters. The van der Waals surface area contributed by atoms with Gasteiger partial charge in [0.1, 0.15) is 5.75 Å². The lowest BCUT2D eigenvalue weighted by Gasteiger charge is -2.20. The zero-order valence-electron chi connectivity index (χ0n) is 14.3. The van der Waals surface area contributed by atoms with E-state index < -0.39 is 0 Å². The van der Waals surface area contributed by atoms with Crippen molar-refractivity contribution in [1.29, 1.82) is 0 Å². The van der Waals surface area contributed by atoms with Crippen LogP contribution in [0.25, 0.3) is 0 Å². The van der Waals surface area contributed by atoms with Crippen molar-refractivity contribution in [2.75, 3.05) is 47.9 Å². The molecule has 1 rings (SSSR count). The molecule has 0 aliphatic rings. The Balaban J connectivity index is 2.61. The molecule has 0 aliphatic carbocycles. The Morgan fingerprint density at radius 3 is 2.52 bits per heavy atom. The second-order valence-corrected chi connectivity index (χ2v) is 5.82. The molecule has 1 aromatic carbocycles. The summed E-state index contributed by atoms with van der Waals surface area (Å²) in [7, 11) is 8.15. The topological polar surface area (TPSA) is 27.7 Å². The minimum Gasteiger partial charge on any atom is -0.496 e. The van der Waals surface area contributed by atoms with Gasteiger partial charge in [0.2, 0.25) is 0 Å². The Morgan fingerprint density at radius 2 is 1.90 bits per heavy atom. The van der Waals surface area contributed by atoms with Crippen LogP contribution >= 0.6 is 0 Å². The van der Waals surface area contributed by atoms with Gasteiger partial charge in [-0.05, 0) is 64.9 Å². The molecule has 0 radical (unpaired) electrons.